The summed E-state index contributed by atoms with van der Waals surface area (Å²) in [5.74, 6) is 0.0764. The van der Waals surface area contributed by atoms with Crippen LogP contribution in [0.25, 0.3) is 10.6 Å². The molecule has 2 aromatic heterocycles. The van der Waals surface area contributed by atoms with Crippen molar-refractivity contribution in [1.29, 1.82) is 0 Å². The third-order valence-electron chi connectivity index (χ3n) is 2.57. The maximum absolute atomic E-state index is 11.7. The number of carbonyl (C=O) groups is 1. The SMILES string of the molecule is CC(=O)c1sc(-c2cccnc2)nc1C(C)(C)C. The number of pyridine rings is 1. The summed E-state index contributed by atoms with van der Waals surface area (Å²) in [6.07, 6.45) is 3.50. The second-order valence-electron chi connectivity index (χ2n) is 5.24. The van der Waals surface area contributed by atoms with Gasteiger partial charge >= 0.3 is 0 Å². The highest BCUT2D eigenvalue weighted by Crippen LogP contribution is 2.34. The van der Waals surface area contributed by atoms with Gasteiger partial charge in [-0.3, -0.25) is 9.78 Å². The molecule has 0 amide bonds. The molecule has 0 bridgehead atoms. The van der Waals surface area contributed by atoms with Crippen LogP contribution in [0.2, 0.25) is 0 Å². The highest BCUT2D eigenvalue weighted by Gasteiger charge is 2.25. The zero-order valence-corrected chi connectivity index (χ0v) is 11.8. The monoisotopic (exact) mass is 260 g/mol. The van der Waals surface area contributed by atoms with Gasteiger partial charge in [-0.25, -0.2) is 4.98 Å². The highest BCUT2D eigenvalue weighted by molar-refractivity contribution is 7.17. The van der Waals surface area contributed by atoms with Crippen molar-refractivity contribution in [3.05, 3.63) is 35.1 Å². The normalized spacial score (nSPS) is 11.6. The van der Waals surface area contributed by atoms with Crippen LogP contribution in [-0.2, 0) is 5.41 Å². The summed E-state index contributed by atoms with van der Waals surface area (Å²) in [6, 6.07) is 3.84. The van der Waals surface area contributed by atoms with Gasteiger partial charge in [0.05, 0.1) is 10.6 Å². The molecule has 0 fully saturated rings. The summed E-state index contributed by atoms with van der Waals surface area (Å²) in [5, 5.41) is 0.859. The molecule has 0 aliphatic rings. The molecule has 0 N–H and O–H groups in total. The maximum Gasteiger partial charge on any atom is 0.171 e. The quantitative estimate of drug-likeness (QED) is 0.773. The van der Waals surface area contributed by atoms with Gasteiger partial charge in [-0.15, -0.1) is 11.3 Å². The van der Waals surface area contributed by atoms with Crippen molar-refractivity contribution in [3.63, 3.8) is 0 Å². The van der Waals surface area contributed by atoms with E-state index in [0.29, 0.717) is 0 Å². The first kappa shape index (κ1) is 12.9. The Balaban J connectivity index is 2.57. The molecular weight excluding hydrogens is 244 g/mol. The number of carbonyl (C=O) groups excluding carboxylic acids is 1. The zero-order chi connectivity index (χ0) is 13.3. The Hall–Kier alpha value is -1.55. The molecule has 2 aromatic rings. The predicted octanol–water partition coefficient (Wildman–Crippen LogP) is 3.71. The Morgan fingerprint density at radius 2 is 2.06 bits per heavy atom. The summed E-state index contributed by atoms with van der Waals surface area (Å²) >= 11 is 1.45. The van der Waals surface area contributed by atoms with Gasteiger partial charge in [0.15, 0.2) is 5.78 Å². The number of aromatic nitrogens is 2. The molecule has 0 atom stereocenters. The van der Waals surface area contributed by atoms with Crippen molar-refractivity contribution < 1.29 is 4.79 Å². The van der Waals surface area contributed by atoms with Crippen LogP contribution in [0.4, 0.5) is 0 Å². The molecule has 0 spiro atoms. The Morgan fingerprint density at radius 1 is 1.33 bits per heavy atom. The lowest BCUT2D eigenvalue weighted by atomic mass is 9.90. The van der Waals surface area contributed by atoms with Gasteiger partial charge in [0.2, 0.25) is 0 Å². The van der Waals surface area contributed by atoms with Crippen LogP contribution in [0.3, 0.4) is 0 Å². The number of rotatable bonds is 2. The van der Waals surface area contributed by atoms with Gasteiger partial charge in [-0.05, 0) is 12.1 Å². The van der Waals surface area contributed by atoms with E-state index in [4.69, 9.17) is 0 Å². The Morgan fingerprint density at radius 3 is 2.50 bits per heavy atom. The van der Waals surface area contributed by atoms with Crippen molar-refractivity contribution in [2.24, 2.45) is 0 Å². The van der Waals surface area contributed by atoms with Crippen molar-refractivity contribution in [2.75, 3.05) is 0 Å². The van der Waals surface area contributed by atoms with Gasteiger partial charge in [0.25, 0.3) is 0 Å². The topological polar surface area (TPSA) is 42.9 Å². The summed E-state index contributed by atoms with van der Waals surface area (Å²) in [4.78, 5) is 21.2. The minimum absolute atomic E-state index is 0.0764. The van der Waals surface area contributed by atoms with E-state index < -0.39 is 0 Å². The molecule has 0 unspecified atom stereocenters. The fourth-order valence-electron chi connectivity index (χ4n) is 1.68. The fraction of sp³-hybridized carbons (Fsp3) is 0.357. The third kappa shape index (κ3) is 2.48. The smallest absolute Gasteiger partial charge is 0.171 e. The Labute approximate surface area is 111 Å². The number of ketones is 1. The molecule has 0 radical (unpaired) electrons. The lowest BCUT2D eigenvalue weighted by Crippen LogP contribution is -2.15. The van der Waals surface area contributed by atoms with E-state index in [2.05, 4.69) is 30.7 Å². The summed E-state index contributed by atoms with van der Waals surface area (Å²) in [7, 11) is 0. The van der Waals surface area contributed by atoms with Crippen LogP contribution in [0.1, 0.15) is 43.1 Å². The molecule has 0 saturated carbocycles. The van der Waals surface area contributed by atoms with E-state index in [0.717, 1.165) is 21.1 Å². The first-order chi connectivity index (χ1) is 8.39. The van der Waals surface area contributed by atoms with Crippen LogP contribution in [-0.4, -0.2) is 15.8 Å². The minimum atomic E-state index is -0.127. The number of hydrogen-bond donors (Lipinski definition) is 0. The molecule has 4 heteroatoms. The lowest BCUT2D eigenvalue weighted by Gasteiger charge is -2.16. The number of nitrogens with zero attached hydrogens (tertiary/aromatic N) is 2. The second kappa shape index (κ2) is 4.61. The van der Waals surface area contributed by atoms with E-state index in [1.807, 2.05) is 12.1 Å². The van der Waals surface area contributed by atoms with Crippen molar-refractivity contribution in [2.45, 2.75) is 33.1 Å². The molecule has 94 valence electrons. The van der Waals surface area contributed by atoms with E-state index >= 15 is 0 Å². The van der Waals surface area contributed by atoms with Crippen LogP contribution in [0.15, 0.2) is 24.5 Å². The largest absolute Gasteiger partial charge is 0.294 e. The molecule has 2 heterocycles. The maximum atomic E-state index is 11.7. The van der Waals surface area contributed by atoms with E-state index in [1.54, 1.807) is 19.3 Å². The minimum Gasteiger partial charge on any atom is -0.294 e. The van der Waals surface area contributed by atoms with E-state index in [9.17, 15) is 4.79 Å². The lowest BCUT2D eigenvalue weighted by molar-refractivity contribution is 0.101. The Bertz CT molecular complexity index is 567. The average molecular weight is 260 g/mol. The molecule has 0 aliphatic heterocycles. The Kier molecular flexibility index (Phi) is 3.30. The standard InChI is InChI=1S/C14H16N2OS/c1-9(17)11-12(14(2,3)4)16-13(18-11)10-6-5-7-15-8-10/h5-8H,1-4H3. The van der Waals surface area contributed by atoms with E-state index in [1.165, 1.54) is 11.3 Å². The molecular formula is C14H16N2OS. The molecule has 2 rings (SSSR count). The number of Topliss-reactive ketones (excluding diaryl/α,β-unsaturated/α-hetero) is 1. The molecule has 0 aliphatic carbocycles. The van der Waals surface area contributed by atoms with Crippen LogP contribution in [0, 0.1) is 0 Å². The van der Waals surface area contributed by atoms with E-state index in [-0.39, 0.29) is 11.2 Å². The van der Waals surface area contributed by atoms with Gasteiger partial charge < -0.3 is 0 Å². The molecule has 3 nitrogen and oxygen atoms in total. The molecule has 0 aromatic carbocycles. The highest BCUT2D eigenvalue weighted by atomic mass is 32.1. The predicted molar refractivity (Wildman–Crippen MR) is 74.0 cm³/mol. The summed E-state index contributed by atoms with van der Waals surface area (Å²) < 4.78 is 0. The van der Waals surface area contributed by atoms with Gasteiger partial charge in [-0.2, -0.15) is 0 Å². The van der Waals surface area contributed by atoms with Crippen LogP contribution < -0.4 is 0 Å². The van der Waals surface area contributed by atoms with Gasteiger partial charge in [-0.1, -0.05) is 20.8 Å². The van der Waals surface area contributed by atoms with Gasteiger partial charge in [0.1, 0.15) is 5.01 Å². The average Bonchev–Trinajstić information content (AvgIpc) is 2.74. The second-order valence-corrected chi connectivity index (χ2v) is 6.24. The number of thiazole rings is 1. The fourth-order valence-corrected chi connectivity index (χ4v) is 2.84. The summed E-state index contributed by atoms with van der Waals surface area (Å²) in [6.45, 7) is 7.81. The summed E-state index contributed by atoms with van der Waals surface area (Å²) in [5.41, 5.74) is 1.71. The van der Waals surface area contributed by atoms with Crippen molar-refractivity contribution >= 4 is 17.1 Å². The molecule has 0 saturated heterocycles. The van der Waals surface area contributed by atoms with Crippen molar-refractivity contribution in [1.82, 2.24) is 9.97 Å². The molecule has 18 heavy (non-hydrogen) atoms. The third-order valence-corrected chi connectivity index (χ3v) is 3.77. The zero-order valence-electron chi connectivity index (χ0n) is 11.0. The van der Waals surface area contributed by atoms with Crippen LogP contribution in [0.5, 0.6) is 0 Å². The number of hydrogen-bond acceptors (Lipinski definition) is 4. The van der Waals surface area contributed by atoms with Gasteiger partial charge in [0, 0.05) is 30.3 Å². The first-order valence-corrected chi connectivity index (χ1v) is 6.64. The first-order valence-electron chi connectivity index (χ1n) is 5.82. The van der Waals surface area contributed by atoms with Crippen LogP contribution >= 0.6 is 11.3 Å². The van der Waals surface area contributed by atoms with Crippen molar-refractivity contribution in [3.8, 4) is 10.6 Å².